The minimum Gasteiger partial charge on any atom is -0.392 e. The van der Waals surface area contributed by atoms with Gasteiger partial charge in [0.05, 0.1) is 6.61 Å². The summed E-state index contributed by atoms with van der Waals surface area (Å²) in [6.07, 6.45) is 4.26. The van der Waals surface area contributed by atoms with Crippen LogP contribution in [0.4, 0.5) is 5.82 Å². The van der Waals surface area contributed by atoms with Gasteiger partial charge in [-0.25, -0.2) is 4.98 Å². The second kappa shape index (κ2) is 6.35. The molecule has 0 aliphatic carbocycles. The molecule has 4 heteroatoms. The number of nitrogens with zero attached hydrogens (tertiary/aromatic N) is 3. The van der Waals surface area contributed by atoms with Crippen LogP contribution in [0.3, 0.4) is 0 Å². The van der Waals surface area contributed by atoms with Gasteiger partial charge in [0.15, 0.2) is 0 Å². The Labute approximate surface area is 116 Å². The SMILES string of the molecule is Cc1cc(CO)cnc1N1CCC(CN(C)C)CC1. The highest BCUT2D eigenvalue weighted by Crippen LogP contribution is 2.25. The predicted molar refractivity (Wildman–Crippen MR) is 78.4 cm³/mol. The molecule has 0 saturated carbocycles. The highest BCUT2D eigenvalue weighted by atomic mass is 16.3. The van der Waals surface area contributed by atoms with Gasteiger partial charge in [-0.05, 0) is 57.0 Å². The van der Waals surface area contributed by atoms with Crippen LogP contribution in [-0.4, -0.2) is 48.7 Å². The Morgan fingerprint density at radius 3 is 2.58 bits per heavy atom. The molecule has 0 amide bonds. The summed E-state index contributed by atoms with van der Waals surface area (Å²) >= 11 is 0. The Hall–Kier alpha value is -1.13. The lowest BCUT2D eigenvalue weighted by Crippen LogP contribution is -2.37. The van der Waals surface area contributed by atoms with Gasteiger partial charge in [0.25, 0.3) is 0 Å². The summed E-state index contributed by atoms with van der Waals surface area (Å²) in [6, 6.07) is 2.04. The number of anilines is 1. The van der Waals surface area contributed by atoms with Gasteiger partial charge in [0.2, 0.25) is 0 Å². The van der Waals surface area contributed by atoms with Gasteiger partial charge in [-0.15, -0.1) is 0 Å². The second-order valence-electron chi connectivity index (χ2n) is 5.83. The van der Waals surface area contributed by atoms with Crippen molar-refractivity contribution in [2.75, 3.05) is 38.6 Å². The molecule has 0 bridgehead atoms. The number of rotatable bonds is 4. The Morgan fingerprint density at radius 2 is 2.05 bits per heavy atom. The molecule has 1 N–H and O–H groups in total. The quantitative estimate of drug-likeness (QED) is 0.897. The van der Waals surface area contributed by atoms with Gasteiger partial charge in [0, 0.05) is 25.8 Å². The molecule has 0 spiro atoms. The van der Waals surface area contributed by atoms with Crippen LogP contribution < -0.4 is 4.90 Å². The van der Waals surface area contributed by atoms with Crippen LogP contribution in [0.1, 0.15) is 24.0 Å². The molecule has 106 valence electrons. The van der Waals surface area contributed by atoms with E-state index in [1.807, 2.05) is 6.07 Å². The summed E-state index contributed by atoms with van der Waals surface area (Å²) in [5.41, 5.74) is 2.06. The van der Waals surface area contributed by atoms with E-state index in [-0.39, 0.29) is 6.61 Å². The fourth-order valence-corrected chi connectivity index (χ4v) is 2.89. The molecular weight excluding hydrogens is 238 g/mol. The van der Waals surface area contributed by atoms with Crippen molar-refractivity contribution in [3.63, 3.8) is 0 Å². The summed E-state index contributed by atoms with van der Waals surface area (Å²) < 4.78 is 0. The maximum absolute atomic E-state index is 9.12. The van der Waals surface area contributed by atoms with E-state index in [1.54, 1.807) is 6.20 Å². The molecule has 0 aromatic carbocycles. The number of aromatic nitrogens is 1. The average Bonchev–Trinajstić information content (AvgIpc) is 2.39. The lowest BCUT2D eigenvalue weighted by molar-refractivity contribution is 0.281. The fraction of sp³-hybridized carbons (Fsp3) is 0.667. The molecule has 1 aromatic heterocycles. The van der Waals surface area contributed by atoms with Crippen molar-refractivity contribution < 1.29 is 5.11 Å². The highest BCUT2D eigenvalue weighted by molar-refractivity contribution is 5.47. The van der Waals surface area contributed by atoms with Crippen LogP contribution in [0, 0.1) is 12.8 Å². The molecule has 0 radical (unpaired) electrons. The number of hydrogen-bond acceptors (Lipinski definition) is 4. The van der Waals surface area contributed by atoms with Crippen LogP contribution in [0.5, 0.6) is 0 Å². The number of aliphatic hydroxyl groups is 1. The number of aryl methyl sites for hydroxylation is 1. The fourth-order valence-electron chi connectivity index (χ4n) is 2.89. The van der Waals surface area contributed by atoms with Crippen molar-refractivity contribution in [1.29, 1.82) is 0 Å². The third-order valence-corrected chi connectivity index (χ3v) is 3.83. The van der Waals surface area contributed by atoms with Gasteiger partial charge < -0.3 is 14.9 Å². The van der Waals surface area contributed by atoms with Gasteiger partial charge in [0.1, 0.15) is 5.82 Å². The maximum atomic E-state index is 9.12. The van der Waals surface area contributed by atoms with Crippen molar-refractivity contribution in [1.82, 2.24) is 9.88 Å². The van der Waals surface area contributed by atoms with Crippen molar-refractivity contribution in [3.8, 4) is 0 Å². The molecule has 1 aromatic rings. The molecule has 1 saturated heterocycles. The Kier molecular flexibility index (Phi) is 4.77. The first kappa shape index (κ1) is 14.3. The standard InChI is InChI=1S/C15H25N3O/c1-12-8-14(11-19)9-16-15(12)18-6-4-13(5-7-18)10-17(2)3/h8-9,13,19H,4-7,10-11H2,1-3H3. The Morgan fingerprint density at radius 1 is 1.37 bits per heavy atom. The Bertz CT molecular complexity index is 412. The minimum absolute atomic E-state index is 0.0685. The van der Waals surface area contributed by atoms with Crippen molar-refractivity contribution in [3.05, 3.63) is 23.4 Å². The van der Waals surface area contributed by atoms with Crippen LogP contribution in [0.2, 0.25) is 0 Å². The molecule has 2 heterocycles. The summed E-state index contributed by atoms with van der Waals surface area (Å²) in [4.78, 5) is 9.17. The maximum Gasteiger partial charge on any atom is 0.131 e. The van der Waals surface area contributed by atoms with E-state index in [9.17, 15) is 0 Å². The number of aliphatic hydroxyl groups excluding tert-OH is 1. The first-order valence-electron chi connectivity index (χ1n) is 7.06. The van der Waals surface area contributed by atoms with Crippen LogP contribution in [-0.2, 0) is 6.61 Å². The monoisotopic (exact) mass is 263 g/mol. The van der Waals surface area contributed by atoms with Gasteiger partial charge >= 0.3 is 0 Å². The van der Waals surface area contributed by atoms with Gasteiger partial charge in [-0.3, -0.25) is 0 Å². The number of hydrogen-bond donors (Lipinski definition) is 1. The predicted octanol–water partition coefficient (Wildman–Crippen LogP) is 1.66. The van der Waals surface area contributed by atoms with Crippen molar-refractivity contribution >= 4 is 5.82 Å². The molecule has 0 atom stereocenters. The zero-order valence-electron chi connectivity index (χ0n) is 12.3. The largest absolute Gasteiger partial charge is 0.392 e. The smallest absolute Gasteiger partial charge is 0.131 e. The van der Waals surface area contributed by atoms with Crippen molar-refractivity contribution in [2.45, 2.75) is 26.4 Å². The third kappa shape index (κ3) is 3.67. The number of piperidine rings is 1. The van der Waals surface area contributed by atoms with Crippen LogP contribution in [0.25, 0.3) is 0 Å². The van der Waals surface area contributed by atoms with Gasteiger partial charge in [-0.2, -0.15) is 0 Å². The highest BCUT2D eigenvalue weighted by Gasteiger charge is 2.21. The summed E-state index contributed by atoms with van der Waals surface area (Å²) in [6.45, 7) is 5.51. The average molecular weight is 263 g/mol. The lowest BCUT2D eigenvalue weighted by Gasteiger charge is -2.34. The van der Waals surface area contributed by atoms with Crippen LogP contribution >= 0.6 is 0 Å². The van der Waals surface area contributed by atoms with E-state index in [0.29, 0.717) is 0 Å². The molecule has 19 heavy (non-hydrogen) atoms. The summed E-state index contributed by atoms with van der Waals surface area (Å²) in [5.74, 6) is 1.89. The zero-order chi connectivity index (χ0) is 13.8. The normalized spacial score (nSPS) is 17.2. The van der Waals surface area contributed by atoms with E-state index in [0.717, 1.165) is 36.0 Å². The first-order chi connectivity index (χ1) is 9.10. The first-order valence-corrected chi connectivity index (χ1v) is 7.06. The zero-order valence-corrected chi connectivity index (χ0v) is 12.3. The molecule has 2 rings (SSSR count). The molecular formula is C15H25N3O. The molecule has 4 nitrogen and oxygen atoms in total. The van der Waals surface area contributed by atoms with E-state index in [4.69, 9.17) is 5.11 Å². The molecule has 1 aliphatic rings. The van der Waals surface area contributed by atoms with Crippen molar-refractivity contribution in [2.24, 2.45) is 5.92 Å². The Balaban J connectivity index is 1.97. The lowest BCUT2D eigenvalue weighted by atomic mass is 9.96. The van der Waals surface area contributed by atoms with E-state index < -0.39 is 0 Å². The van der Waals surface area contributed by atoms with E-state index >= 15 is 0 Å². The molecule has 0 unspecified atom stereocenters. The topological polar surface area (TPSA) is 39.6 Å². The number of pyridine rings is 1. The van der Waals surface area contributed by atoms with Crippen LogP contribution in [0.15, 0.2) is 12.3 Å². The third-order valence-electron chi connectivity index (χ3n) is 3.83. The molecule has 1 aliphatic heterocycles. The van der Waals surface area contributed by atoms with E-state index in [1.165, 1.54) is 19.4 Å². The minimum atomic E-state index is 0.0685. The van der Waals surface area contributed by atoms with Gasteiger partial charge in [-0.1, -0.05) is 0 Å². The molecule has 1 fully saturated rings. The summed E-state index contributed by atoms with van der Waals surface area (Å²) in [5, 5.41) is 9.12. The summed E-state index contributed by atoms with van der Waals surface area (Å²) in [7, 11) is 4.29. The van der Waals surface area contributed by atoms with E-state index in [2.05, 4.69) is 35.8 Å². The second-order valence-corrected chi connectivity index (χ2v) is 5.83.